The van der Waals surface area contributed by atoms with Gasteiger partial charge in [-0.05, 0) is 25.5 Å². The van der Waals surface area contributed by atoms with Crippen molar-refractivity contribution in [3.05, 3.63) is 47.0 Å². The first-order chi connectivity index (χ1) is 12.6. The van der Waals surface area contributed by atoms with Gasteiger partial charge in [0, 0.05) is 11.8 Å². The lowest BCUT2D eigenvalue weighted by Crippen LogP contribution is -2.08. The van der Waals surface area contributed by atoms with E-state index in [9.17, 15) is 8.78 Å². The van der Waals surface area contributed by atoms with Gasteiger partial charge in [0.2, 0.25) is 0 Å². The minimum Gasteiger partial charge on any atom is -0.494 e. The van der Waals surface area contributed by atoms with E-state index in [-0.39, 0.29) is 12.3 Å². The molecule has 0 heterocycles. The summed E-state index contributed by atoms with van der Waals surface area (Å²) in [6.07, 6.45) is 0.558. The standard InChI is InChI=1S/C19H17F2N3O2/c1-3-8-26-19-17(21)15(11-23)14(10-22)16(20)18(19)24-12-6-5-7-13(9-12)25-4-2/h5-7,9,24H,3-4,8H2,1-2H3. The van der Waals surface area contributed by atoms with Gasteiger partial charge in [-0.15, -0.1) is 0 Å². The Bertz CT molecular complexity index is 886. The van der Waals surface area contributed by atoms with Crippen LogP contribution in [0.3, 0.4) is 0 Å². The van der Waals surface area contributed by atoms with Crippen LogP contribution >= 0.6 is 0 Å². The molecule has 0 aliphatic rings. The Balaban J connectivity index is 2.59. The highest BCUT2D eigenvalue weighted by Crippen LogP contribution is 2.38. The summed E-state index contributed by atoms with van der Waals surface area (Å²) in [4.78, 5) is 0. The van der Waals surface area contributed by atoms with Crippen LogP contribution in [0.1, 0.15) is 31.4 Å². The summed E-state index contributed by atoms with van der Waals surface area (Å²) in [5.41, 5.74) is -1.26. The molecule has 0 unspecified atom stereocenters. The topological polar surface area (TPSA) is 78.1 Å². The molecule has 134 valence electrons. The monoisotopic (exact) mass is 357 g/mol. The maximum absolute atomic E-state index is 14.8. The maximum Gasteiger partial charge on any atom is 0.186 e. The second-order valence-corrected chi connectivity index (χ2v) is 5.24. The van der Waals surface area contributed by atoms with E-state index in [1.165, 1.54) is 12.1 Å². The molecule has 0 spiro atoms. The number of nitriles is 2. The van der Waals surface area contributed by atoms with Gasteiger partial charge in [0.25, 0.3) is 0 Å². The van der Waals surface area contributed by atoms with Crippen molar-refractivity contribution in [2.45, 2.75) is 20.3 Å². The highest BCUT2D eigenvalue weighted by atomic mass is 19.1. The normalized spacial score (nSPS) is 9.92. The van der Waals surface area contributed by atoms with Gasteiger partial charge in [0.05, 0.1) is 13.2 Å². The third-order valence-corrected chi connectivity index (χ3v) is 3.42. The second-order valence-electron chi connectivity index (χ2n) is 5.24. The molecule has 0 saturated carbocycles. The lowest BCUT2D eigenvalue weighted by molar-refractivity contribution is 0.301. The number of ether oxygens (including phenoxy) is 2. The predicted molar refractivity (Wildman–Crippen MR) is 92.5 cm³/mol. The number of halogens is 2. The van der Waals surface area contributed by atoms with Gasteiger partial charge in [-0.1, -0.05) is 13.0 Å². The fourth-order valence-corrected chi connectivity index (χ4v) is 2.30. The molecule has 2 aromatic carbocycles. The molecule has 5 nitrogen and oxygen atoms in total. The van der Waals surface area contributed by atoms with Gasteiger partial charge >= 0.3 is 0 Å². The van der Waals surface area contributed by atoms with Crippen LogP contribution in [0.5, 0.6) is 11.5 Å². The van der Waals surface area contributed by atoms with Crippen molar-refractivity contribution < 1.29 is 18.3 Å². The molecule has 7 heteroatoms. The third-order valence-electron chi connectivity index (χ3n) is 3.42. The first-order valence-electron chi connectivity index (χ1n) is 8.05. The van der Waals surface area contributed by atoms with Crippen molar-refractivity contribution in [2.24, 2.45) is 0 Å². The number of hydrogen-bond acceptors (Lipinski definition) is 5. The minimum atomic E-state index is -1.07. The van der Waals surface area contributed by atoms with Crippen molar-refractivity contribution in [1.82, 2.24) is 0 Å². The van der Waals surface area contributed by atoms with E-state index in [2.05, 4.69) is 5.32 Å². The molecule has 0 fully saturated rings. The summed E-state index contributed by atoms with van der Waals surface area (Å²) in [6, 6.07) is 9.71. The number of nitrogens with zero attached hydrogens (tertiary/aromatic N) is 2. The zero-order valence-corrected chi connectivity index (χ0v) is 14.4. The van der Waals surface area contributed by atoms with Gasteiger partial charge in [-0.2, -0.15) is 10.5 Å². The summed E-state index contributed by atoms with van der Waals surface area (Å²) in [5, 5.41) is 20.9. The van der Waals surface area contributed by atoms with Crippen molar-refractivity contribution in [2.75, 3.05) is 18.5 Å². The second kappa shape index (κ2) is 8.68. The van der Waals surface area contributed by atoms with Gasteiger partial charge < -0.3 is 14.8 Å². The molecule has 2 aromatic rings. The lowest BCUT2D eigenvalue weighted by atomic mass is 10.1. The van der Waals surface area contributed by atoms with E-state index in [1.54, 1.807) is 24.3 Å². The van der Waals surface area contributed by atoms with Crippen LogP contribution in [0.2, 0.25) is 0 Å². The van der Waals surface area contributed by atoms with Crippen molar-refractivity contribution in [3.63, 3.8) is 0 Å². The molecule has 0 atom stereocenters. The first-order valence-corrected chi connectivity index (χ1v) is 8.05. The first kappa shape index (κ1) is 19.0. The predicted octanol–water partition coefficient (Wildman–Crippen LogP) is 4.64. The highest BCUT2D eigenvalue weighted by molar-refractivity contribution is 5.73. The molecule has 0 saturated heterocycles. The van der Waals surface area contributed by atoms with Gasteiger partial charge in [-0.3, -0.25) is 0 Å². The van der Waals surface area contributed by atoms with E-state index in [0.29, 0.717) is 24.5 Å². The summed E-state index contributed by atoms with van der Waals surface area (Å²) >= 11 is 0. The fourth-order valence-electron chi connectivity index (χ4n) is 2.30. The van der Waals surface area contributed by atoms with Crippen molar-refractivity contribution in [3.8, 4) is 23.6 Å². The van der Waals surface area contributed by atoms with E-state index in [0.717, 1.165) is 0 Å². The highest BCUT2D eigenvalue weighted by Gasteiger charge is 2.26. The zero-order chi connectivity index (χ0) is 19.1. The van der Waals surface area contributed by atoms with E-state index in [4.69, 9.17) is 20.0 Å². The van der Waals surface area contributed by atoms with Crippen LogP contribution in [-0.4, -0.2) is 13.2 Å². The van der Waals surface area contributed by atoms with Crippen LogP contribution in [0.15, 0.2) is 24.3 Å². The Hall–Kier alpha value is -3.32. The van der Waals surface area contributed by atoms with E-state index < -0.39 is 28.5 Å². The largest absolute Gasteiger partial charge is 0.494 e. The van der Waals surface area contributed by atoms with Gasteiger partial charge in [-0.25, -0.2) is 8.78 Å². The molecule has 2 rings (SSSR count). The molecule has 0 aromatic heterocycles. The van der Waals surface area contributed by atoms with Crippen molar-refractivity contribution in [1.29, 1.82) is 10.5 Å². The number of anilines is 2. The van der Waals surface area contributed by atoms with E-state index in [1.807, 2.05) is 13.8 Å². The summed E-state index contributed by atoms with van der Waals surface area (Å²) < 4.78 is 40.2. The Morgan fingerprint density at radius 3 is 2.35 bits per heavy atom. The average molecular weight is 357 g/mol. The number of hydrogen-bond donors (Lipinski definition) is 1. The van der Waals surface area contributed by atoms with Crippen LogP contribution < -0.4 is 14.8 Å². The number of benzene rings is 2. The number of rotatable bonds is 7. The average Bonchev–Trinajstić information content (AvgIpc) is 2.64. The van der Waals surface area contributed by atoms with Crippen LogP contribution in [0.25, 0.3) is 0 Å². The maximum atomic E-state index is 14.8. The number of nitrogens with one attached hydrogen (secondary N) is 1. The molecular weight excluding hydrogens is 340 g/mol. The zero-order valence-electron chi connectivity index (χ0n) is 14.4. The van der Waals surface area contributed by atoms with Crippen LogP contribution in [0.4, 0.5) is 20.2 Å². The smallest absolute Gasteiger partial charge is 0.186 e. The Labute approximate surface area is 150 Å². The Kier molecular flexibility index (Phi) is 6.35. The third kappa shape index (κ3) is 3.84. The molecule has 1 N–H and O–H groups in total. The van der Waals surface area contributed by atoms with Gasteiger partial charge in [0.15, 0.2) is 17.4 Å². The molecular formula is C19H17F2N3O2. The van der Waals surface area contributed by atoms with Crippen molar-refractivity contribution >= 4 is 11.4 Å². The quantitative estimate of drug-likeness (QED) is 0.781. The van der Waals surface area contributed by atoms with Gasteiger partial charge in [0.1, 0.15) is 34.7 Å². The molecule has 26 heavy (non-hydrogen) atoms. The molecule has 0 bridgehead atoms. The summed E-state index contributed by atoms with van der Waals surface area (Å²) in [6.45, 7) is 4.21. The molecule has 0 aliphatic heterocycles. The molecule has 0 amide bonds. The SMILES string of the molecule is CCCOc1c(F)c(C#N)c(C#N)c(F)c1Nc1cccc(OCC)c1. The minimum absolute atomic E-state index is 0.126. The van der Waals surface area contributed by atoms with Crippen LogP contribution in [-0.2, 0) is 0 Å². The Morgan fingerprint density at radius 1 is 1.04 bits per heavy atom. The fraction of sp³-hybridized carbons (Fsp3) is 0.263. The molecule has 0 aliphatic carbocycles. The van der Waals surface area contributed by atoms with Crippen LogP contribution in [0, 0.1) is 34.3 Å². The Morgan fingerprint density at radius 2 is 1.73 bits per heavy atom. The van der Waals surface area contributed by atoms with E-state index >= 15 is 0 Å². The summed E-state index contributed by atoms with van der Waals surface area (Å²) in [5.74, 6) is -1.99. The summed E-state index contributed by atoms with van der Waals surface area (Å²) in [7, 11) is 0. The lowest BCUT2D eigenvalue weighted by Gasteiger charge is -2.17. The molecule has 0 radical (unpaired) electrons.